The Balaban J connectivity index is 2.77. The second-order valence-electron chi connectivity index (χ2n) is 4.99. The van der Waals surface area contributed by atoms with Gasteiger partial charge in [0, 0.05) is 0 Å². The van der Waals surface area contributed by atoms with Crippen molar-refractivity contribution in [3.63, 3.8) is 0 Å². The van der Waals surface area contributed by atoms with E-state index in [-0.39, 0.29) is 11.3 Å². The van der Waals surface area contributed by atoms with E-state index < -0.39 is 48.3 Å². The van der Waals surface area contributed by atoms with Crippen LogP contribution in [0.1, 0.15) is 5.56 Å². The molecule has 132 valence electrons. The van der Waals surface area contributed by atoms with Crippen LogP contribution < -0.4 is 0 Å². The highest BCUT2D eigenvalue weighted by molar-refractivity contribution is 6.43. The highest BCUT2D eigenvalue weighted by Crippen LogP contribution is 2.25. The number of carbonyl (C=O) groups excluding carboxylic acids is 2. The maximum atomic E-state index is 11.7. The lowest BCUT2D eigenvalue weighted by Gasteiger charge is -2.24. The highest BCUT2D eigenvalue weighted by atomic mass is 16.4. The van der Waals surface area contributed by atoms with Gasteiger partial charge in [0.1, 0.15) is 24.4 Å². The van der Waals surface area contributed by atoms with Crippen LogP contribution in [-0.4, -0.2) is 78.3 Å². The Labute approximate surface area is 136 Å². The molecule has 0 radical (unpaired) electrons. The minimum Gasteiger partial charge on any atom is -0.504 e. The number of rotatable bonds is 8. The molecule has 1 aromatic rings. The van der Waals surface area contributed by atoms with Crippen molar-refractivity contribution < 1.29 is 45.3 Å². The monoisotopic (exact) mass is 342 g/mol. The number of hydrogen-bond acceptors (Lipinski definition) is 9. The summed E-state index contributed by atoms with van der Waals surface area (Å²) in [5, 5.41) is 64.7. The molecule has 0 aliphatic carbocycles. The number of aromatic hydroxyl groups is 2. The predicted octanol–water partition coefficient (Wildman–Crippen LogP) is -2.31. The van der Waals surface area contributed by atoms with Gasteiger partial charge in [-0.3, -0.25) is 9.59 Å². The Hall–Kier alpha value is -2.30. The molecule has 0 fully saturated rings. The number of benzene rings is 1. The SMILES string of the molecule is O=C(/C=C\c1ccc(O)c(O)c1)C(=O)[C@H](O)[C@@H](O)[C@H](O)[C@H](O)CO. The average molecular weight is 342 g/mol. The Morgan fingerprint density at radius 1 is 1.00 bits per heavy atom. The zero-order valence-corrected chi connectivity index (χ0v) is 12.4. The van der Waals surface area contributed by atoms with E-state index in [0.29, 0.717) is 0 Å². The van der Waals surface area contributed by atoms with Crippen LogP contribution in [0.3, 0.4) is 0 Å². The number of Topliss-reactive ketones (excluding diaryl/α,β-unsaturated/α-hetero) is 1. The first-order chi connectivity index (χ1) is 11.2. The molecule has 1 aromatic carbocycles. The fraction of sp³-hybridized carbons (Fsp3) is 0.333. The van der Waals surface area contributed by atoms with Crippen molar-refractivity contribution in [1.29, 1.82) is 0 Å². The van der Waals surface area contributed by atoms with Gasteiger partial charge >= 0.3 is 0 Å². The third-order valence-corrected chi connectivity index (χ3v) is 3.19. The van der Waals surface area contributed by atoms with E-state index in [1.165, 1.54) is 6.07 Å². The second-order valence-corrected chi connectivity index (χ2v) is 4.99. The number of phenolic OH excluding ortho intramolecular Hbond substituents is 2. The van der Waals surface area contributed by atoms with Crippen molar-refractivity contribution in [2.45, 2.75) is 24.4 Å². The number of phenols is 2. The largest absolute Gasteiger partial charge is 0.504 e. The average Bonchev–Trinajstić information content (AvgIpc) is 2.58. The molecule has 0 unspecified atom stereocenters. The van der Waals surface area contributed by atoms with Gasteiger partial charge in [-0.25, -0.2) is 0 Å². The number of carbonyl (C=O) groups is 2. The molecule has 4 atom stereocenters. The third kappa shape index (κ3) is 4.85. The van der Waals surface area contributed by atoms with Gasteiger partial charge in [0.2, 0.25) is 11.6 Å². The van der Waals surface area contributed by atoms with Gasteiger partial charge in [0.15, 0.2) is 11.5 Å². The van der Waals surface area contributed by atoms with E-state index in [9.17, 15) is 30.0 Å². The molecule has 0 heterocycles. The van der Waals surface area contributed by atoms with Crippen molar-refractivity contribution in [3.05, 3.63) is 29.8 Å². The van der Waals surface area contributed by atoms with Crippen LogP contribution in [0.25, 0.3) is 6.08 Å². The Morgan fingerprint density at radius 2 is 1.62 bits per heavy atom. The van der Waals surface area contributed by atoms with Crippen molar-refractivity contribution in [3.8, 4) is 11.5 Å². The normalized spacial score (nSPS) is 16.5. The lowest BCUT2D eigenvalue weighted by Crippen LogP contribution is -2.49. The minimum atomic E-state index is -2.30. The van der Waals surface area contributed by atoms with Crippen LogP contribution in [0.2, 0.25) is 0 Å². The maximum Gasteiger partial charge on any atom is 0.233 e. The molecule has 0 amide bonds. The summed E-state index contributed by atoms with van der Waals surface area (Å²) in [5.41, 5.74) is 0.275. The molecule has 0 aromatic heterocycles. The lowest BCUT2D eigenvalue weighted by atomic mass is 9.98. The summed E-state index contributed by atoms with van der Waals surface area (Å²) in [5.74, 6) is -3.46. The quantitative estimate of drug-likeness (QED) is 0.155. The van der Waals surface area contributed by atoms with Crippen LogP contribution >= 0.6 is 0 Å². The number of aliphatic hydroxyl groups excluding tert-OH is 5. The highest BCUT2D eigenvalue weighted by Gasteiger charge is 2.36. The summed E-state index contributed by atoms with van der Waals surface area (Å²) >= 11 is 0. The van der Waals surface area contributed by atoms with E-state index in [1.807, 2.05) is 0 Å². The Morgan fingerprint density at radius 3 is 2.17 bits per heavy atom. The topological polar surface area (TPSA) is 176 Å². The Bertz CT molecular complexity index is 625. The van der Waals surface area contributed by atoms with Crippen LogP contribution in [0.5, 0.6) is 11.5 Å². The summed E-state index contributed by atoms with van der Waals surface area (Å²) in [6.45, 7) is -0.919. The van der Waals surface area contributed by atoms with Crippen molar-refractivity contribution in [1.82, 2.24) is 0 Å². The van der Waals surface area contributed by atoms with Gasteiger partial charge in [-0.15, -0.1) is 0 Å². The summed E-state index contributed by atoms with van der Waals surface area (Å²) in [6.07, 6.45) is -6.41. The van der Waals surface area contributed by atoms with Gasteiger partial charge in [-0.2, -0.15) is 0 Å². The van der Waals surface area contributed by atoms with Crippen LogP contribution in [0, 0.1) is 0 Å². The predicted molar refractivity (Wildman–Crippen MR) is 79.9 cm³/mol. The van der Waals surface area contributed by atoms with Gasteiger partial charge < -0.3 is 35.7 Å². The second kappa shape index (κ2) is 8.52. The molecule has 1 rings (SSSR count). The van der Waals surface area contributed by atoms with E-state index in [2.05, 4.69) is 0 Å². The molecule has 9 nitrogen and oxygen atoms in total. The summed E-state index contributed by atoms with van der Waals surface area (Å²) in [7, 11) is 0. The molecule has 0 aliphatic heterocycles. The smallest absolute Gasteiger partial charge is 0.233 e. The maximum absolute atomic E-state index is 11.7. The van der Waals surface area contributed by atoms with Crippen LogP contribution in [0.15, 0.2) is 24.3 Å². The molecule has 24 heavy (non-hydrogen) atoms. The van der Waals surface area contributed by atoms with E-state index in [0.717, 1.165) is 24.3 Å². The summed E-state index contributed by atoms with van der Waals surface area (Å²) in [4.78, 5) is 23.3. The van der Waals surface area contributed by atoms with Crippen molar-refractivity contribution in [2.24, 2.45) is 0 Å². The first-order valence-corrected chi connectivity index (χ1v) is 6.80. The van der Waals surface area contributed by atoms with Crippen LogP contribution in [0.4, 0.5) is 0 Å². The van der Waals surface area contributed by atoms with E-state index in [4.69, 9.17) is 15.3 Å². The van der Waals surface area contributed by atoms with E-state index in [1.54, 1.807) is 0 Å². The number of aliphatic hydroxyl groups is 5. The zero-order chi connectivity index (χ0) is 18.4. The fourth-order valence-corrected chi connectivity index (χ4v) is 1.72. The lowest BCUT2D eigenvalue weighted by molar-refractivity contribution is -0.152. The zero-order valence-electron chi connectivity index (χ0n) is 12.4. The summed E-state index contributed by atoms with van der Waals surface area (Å²) in [6, 6.07) is 3.62. The molecule has 0 bridgehead atoms. The first kappa shape index (κ1) is 19.7. The molecule has 0 saturated carbocycles. The molecular formula is C15H18O9. The van der Waals surface area contributed by atoms with Crippen LogP contribution in [-0.2, 0) is 9.59 Å². The summed E-state index contributed by atoms with van der Waals surface area (Å²) < 4.78 is 0. The molecule has 9 heteroatoms. The molecule has 0 spiro atoms. The standard InChI is InChI=1S/C15H18O9/c16-6-11(20)13(22)15(24)14(23)12(21)9(18)4-2-7-1-3-8(17)10(19)5-7/h1-5,11,13-17,19-20,22-24H,6H2/b4-2-/t11-,13-,14+,15+/m1/s1. The van der Waals surface area contributed by atoms with Gasteiger partial charge in [0.25, 0.3) is 0 Å². The van der Waals surface area contributed by atoms with Crippen molar-refractivity contribution in [2.75, 3.05) is 6.61 Å². The number of hydrogen-bond donors (Lipinski definition) is 7. The Kier molecular flexibility index (Phi) is 7.01. The van der Waals surface area contributed by atoms with Gasteiger partial charge in [0.05, 0.1) is 6.61 Å². The molecule has 0 saturated heterocycles. The van der Waals surface area contributed by atoms with E-state index >= 15 is 0 Å². The molecule has 0 aliphatic rings. The van der Waals surface area contributed by atoms with Crippen molar-refractivity contribution >= 4 is 17.6 Å². The van der Waals surface area contributed by atoms with Gasteiger partial charge in [-0.1, -0.05) is 12.1 Å². The minimum absolute atomic E-state index is 0.275. The molecule has 7 N–H and O–H groups in total. The number of allylic oxidation sites excluding steroid dienone is 1. The number of ketones is 2. The third-order valence-electron chi connectivity index (χ3n) is 3.19. The fourth-order valence-electron chi connectivity index (χ4n) is 1.72. The molecular weight excluding hydrogens is 324 g/mol. The first-order valence-electron chi connectivity index (χ1n) is 6.80. The van der Waals surface area contributed by atoms with Gasteiger partial charge in [-0.05, 0) is 23.8 Å².